The molecular weight excluding hydrogens is 378 g/mol. The number of rotatable bonds is 4. The molecule has 140 valence electrons. The number of nitrogens with zero attached hydrogens (tertiary/aromatic N) is 3. The van der Waals surface area contributed by atoms with Crippen LogP contribution >= 0.6 is 24.0 Å². The highest BCUT2D eigenvalue weighted by Gasteiger charge is 2.34. The molecule has 3 heterocycles. The van der Waals surface area contributed by atoms with Crippen molar-refractivity contribution in [3.63, 3.8) is 0 Å². The number of anilines is 1. The molecule has 4 rings (SSSR count). The minimum Gasteiger partial charge on any atom is -0.465 e. The maximum absolute atomic E-state index is 12.7. The Morgan fingerprint density at radius 3 is 2.63 bits per heavy atom. The van der Waals surface area contributed by atoms with Gasteiger partial charge < -0.3 is 9.32 Å². The van der Waals surface area contributed by atoms with Gasteiger partial charge in [-0.25, -0.2) is 0 Å². The van der Waals surface area contributed by atoms with E-state index >= 15 is 0 Å². The van der Waals surface area contributed by atoms with E-state index in [2.05, 4.69) is 41.0 Å². The number of thioether (sulfide) groups is 1. The van der Waals surface area contributed by atoms with Crippen LogP contribution in [0.3, 0.4) is 0 Å². The lowest BCUT2D eigenvalue weighted by molar-refractivity contribution is -0.123. The maximum Gasteiger partial charge on any atom is 0.267 e. The van der Waals surface area contributed by atoms with Crippen molar-refractivity contribution in [2.24, 2.45) is 0 Å². The summed E-state index contributed by atoms with van der Waals surface area (Å²) in [6.07, 6.45) is 3.36. The van der Waals surface area contributed by atoms with E-state index in [9.17, 15) is 4.79 Å². The minimum atomic E-state index is -0.0391. The van der Waals surface area contributed by atoms with Crippen LogP contribution in [0.25, 0.3) is 6.08 Å². The first kappa shape index (κ1) is 18.3. The van der Waals surface area contributed by atoms with E-state index in [0.717, 1.165) is 26.2 Å². The van der Waals surface area contributed by atoms with E-state index in [-0.39, 0.29) is 5.91 Å². The number of thiocarbonyl (C=S) groups is 1. The molecule has 1 aromatic heterocycles. The monoisotopic (exact) mass is 399 g/mol. The van der Waals surface area contributed by atoms with Gasteiger partial charge >= 0.3 is 0 Å². The summed E-state index contributed by atoms with van der Waals surface area (Å²) in [6, 6.07) is 12.1. The van der Waals surface area contributed by atoms with Crippen LogP contribution in [0.5, 0.6) is 0 Å². The van der Waals surface area contributed by atoms with Gasteiger partial charge in [-0.3, -0.25) is 14.6 Å². The summed E-state index contributed by atoms with van der Waals surface area (Å²) in [4.78, 5) is 19.7. The molecule has 1 amide bonds. The Labute approximate surface area is 168 Å². The number of carbonyl (C=O) groups excluding carboxylic acids is 1. The molecule has 1 aromatic carbocycles. The SMILES string of the molecule is Cc1ccccc1N1CCN(CN2C(=O)/C(=C\c3ccco3)SC2=S)CC1. The number of carbonyl (C=O) groups is 1. The standard InChI is InChI=1S/C20H21N3O2S2/c1-15-5-2-3-7-17(15)22-10-8-21(9-11-22)14-23-19(24)18(27-20(23)26)13-16-6-4-12-25-16/h2-7,12-13H,8-11,14H2,1H3/b18-13+. The molecule has 2 aliphatic rings. The Kier molecular flexibility index (Phi) is 5.33. The third kappa shape index (κ3) is 3.95. The molecule has 2 saturated heterocycles. The van der Waals surface area contributed by atoms with Crippen LogP contribution in [0.4, 0.5) is 5.69 Å². The van der Waals surface area contributed by atoms with Gasteiger partial charge in [0.25, 0.3) is 5.91 Å². The highest BCUT2D eigenvalue weighted by Crippen LogP contribution is 2.33. The summed E-state index contributed by atoms with van der Waals surface area (Å²) in [5.74, 6) is 0.630. The van der Waals surface area contributed by atoms with Crippen LogP contribution in [0, 0.1) is 6.92 Å². The van der Waals surface area contributed by atoms with Gasteiger partial charge in [0.05, 0.1) is 17.8 Å². The van der Waals surface area contributed by atoms with Crippen LogP contribution < -0.4 is 4.90 Å². The second-order valence-electron chi connectivity index (χ2n) is 6.66. The zero-order valence-electron chi connectivity index (χ0n) is 15.1. The predicted molar refractivity (Wildman–Crippen MR) is 114 cm³/mol. The number of amides is 1. The van der Waals surface area contributed by atoms with Gasteiger partial charge in [-0.15, -0.1) is 0 Å². The fourth-order valence-corrected chi connectivity index (χ4v) is 4.59. The van der Waals surface area contributed by atoms with Crippen molar-refractivity contribution in [2.75, 3.05) is 37.7 Å². The smallest absolute Gasteiger partial charge is 0.267 e. The summed E-state index contributed by atoms with van der Waals surface area (Å²) in [7, 11) is 0. The van der Waals surface area contributed by atoms with Crippen LogP contribution in [0.1, 0.15) is 11.3 Å². The fourth-order valence-electron chi connectivity index (χ4n) is 3.37. The van der Waals surface area contributed by atoms with E-state index < -0.39 is 0 Å². The van der Waals surface area contributed by atoms with Crippen LogP contribution in [-0.2, 0) is 4.79 Å². The van der Waals surface area contributed by atoms with Crippen molar-refractivity contribution < 1.29 is 9.21 Å². The number of furan rings is 1. The Balaban J connectivity index is 1.37. The molecular formula is C20H21N3O2S2. The predicted octanol–water partition coefficient (Wildman–Crippen LogP) is 3.57. The first-order chi connectivity index (χ1) is 13.1. The third-order valence-electron chi connectivity index (χ3n) is 4.86. The van der Waals surface area contributed by atoms with Gasteiger partial charge in [0, 0.05) is 37.9 Å². The summed E-state index contributed by atoms with van der Waals surface area (Å²) in [5.41, 5.74) is 2.59. The molecule has 27 heavy (non-hydrogen) atoms. The number of aryl methyl sites for hydroxylation is 1. The molecule has 0 bridgehead atoms. The molecule has 0 radical (unpaired) electrons. The van der Waals surface area contributed by atoms with Gasteiger partial charge in [-0.05, 0) is 30.7 Å². The average molecular weight is 400 g/mol. The van der Waals surface area contributed by atoms with E-state index in [4.69, 9.17) is 16.6 Å². The molecule has 0 N–H and O–H groups in total. The summed E-state index contributed by atoms with van der Waals surface area (Å²) < 4.78 is 5.92. The van der Waals surface area contributed by atoms with Gasteiger partial charge in [0.15, 0.2) is 0 Å². The molecule has 2 aliphatic heterocycles. The number of benzene rings is 1. The molecule has 0 unspecified atom stereocenters. The van der Waals surface area contributed by atoms with Crippen molar-refractivity contribution >= 4 is 46.0 Å². The van der Waals surface area contributed by atoms with Gasteiger partial charge in [-0.2, -0.15) is 0 Å². The Morgan fingerprint density at radius 2 is 1.93 bits per heavy atom. The second-order valence-corrected chi connectivity index (χ2v) is 8.33. The van der Waals surface area contributed by atoms with Crippen molar-refractivity contribution in [2.45, 2.75) is 6.92 Å². The zero-order chi connectivity index (χ0) is 18.8. The number of hydrogen-bond donors (Lipinski definition) is 0. The molecule has 0 saturated carbocycles. The van der Waals surface area contributed by atoms with Crippen LogP contribution in [0.15, 0.2) is 52.0 Å². The van der Waals surface area contributed by atoms with Crippen molar-refractivity contribution in [3.8, 4) is 0 Å². The minimum absolute atomic E-state index is 0.0391. The highest BCUT2D eigenvalue weighted by atomic mass is 32.2. The van der Waals surface area contributed by atoms with Gasteiger partial charge in [0.1, 0.15) is 10.1 Å². The van der Waals surface area contributed by atoms with E-state index in [1.54, 1.807) is 23.3 Å². The molecule has 0 aliphatic carbocycles. The molecule has 7 heteroatoms. The molecule has 2 fully saturated rings. The lowest BCUT2D eigenvalue weighted by Gasteiger charge is -2.38. The topological polar surface area (TPSA) is 39.9 Å². The number of para-hydroxylation sites is 1. The number of piperazine rings is 1. The fraction of sp³-hybridized carbons (Fsp3) is 0.300. The van der Waals surface area contributed by atoms with Crippen molar-refractivity contribution in [1.29, 1.82) is 0 Å². The quantitative estimate of drug-likeness (QED) is 0.578. The van der Waals surface area contributed by atoms with Crippen molar-refractivity contribution in [3.05, 3.63) is 58.9 Å². The Morgan fingerprint density at radius 1 is 1.15 bits per heavy atom. The summed E-state index contributed by atoms with van der Waals surface area (Å²) in [5, 5.41) is 0. The second kappa shape index (κ2) is 7.88. The van der Waals surface area contributed by atoms with Crippen LogP contribution in [-0.4, -0.2) is 52.9 Å². The first-order valence-electron chi connectivity index (χ1n) is 8.93. The van der Waals surface area contributed by atoms with Crippen LogP contribution in [0.2, 0.25) is 0 Å². The number of hydrogen-bond acceptors (Lipinski definition) is 6. The van der Waals surface area contributed by atoms with E-state index in [1.165, 1.54) is 23.0 Å². The Bertz CT molecular complexity index is 871. The first-order valence-corrected chi connectivity index (χ1v) is 10.2. The van der Waals surface area contributed by atoms with Gasteiger partial charge in [0.2, 0.25) is 0 Å². The van der Waals surface area contributed by atoms with Gasteiger partial charge in [-0.1, -0.05) is 42.2 Å². The molecule has 5 nitrogen and oxygen atoms in total. The summed E-state index contributed by atoms with van der Waals surface area (Å²) >= 11 is 6.77. The molecule has 0 atom stereocenters. The Hall–Kier alpha value is -2.09. The largest absolute Gasteiger partial charge is 0.465 e. The normalized spacial score (nSPS) is 20.1. The third-order valence-corrected chi connectivity index (χ3v) is 6.24. The van der Waals surface area contributed by atoms with Crippen molar-refractivity contribution in [1.82, 2.24) is 9.80 Å². The zero-order valence-corrected chi connectivity index (χ0v) is 16.8. The lowest BCUT2D eigenvalue weighted by atomic mass is 10.1. The molecule has 0 spiro atoms. The highest BCUT2D eigenvalue weighted by molar-refractivity contribution is 8.26. The summed E-state index contributed by atoms with van der Waals surface area (Å²) in [6.45, 7) is 6.39. The van der Waals surface area contributed by atoms with E-state index in [0.29, 0.717) is 21.7 Å². The maximum atomic E-state index is 12.7. The molecule has 2 aromatic rings. The van der Waals surface area contributed by atoms with E-state index in [1.807, 2.05) is 6.07 Å². The lowest BCUT2D eigenvalue weighted by Crippen LogP contribution is -2.51. The average Bonchev–Trinajstić information content (AvgIpc) is 3.27.